The molecule has 3 saturated carbocycles. The second-order valence-electron chi connectivity index (χ2n) is 7.49. The van der Waals surface area contributed by atoms with Crippen molar-refractivity contribution in [3.63, 3.8) is 0 Å². The number of aliphatic hydroxyl groups is 1. The largest absolute Gasteiger partial charge is 0.390 e. The van der Waals surface area contributed by atoms with Crippen molar-refractivity contribution in [3.8, 4) is 0 Å². The number of hydrogen-bond acceptors (Lipinski definition) is 2. The summed E-state index contributed by atoms with van der Waals surface area (Å²) in [6, 6.07) is 0. The molecule has 3 rings (SSSR count). The Hall–Kier alpha value is -0.370. The number of carbonyl (C=O) groups excluding carboxylic acids is 1. The molecule has 0 amide bonds. The zero-order valence-electron chi connectivity index (χ0n) is 11.4. The van der Waals surface area contributed by atoms with Crippen LogP contribution in [0.3, 0.4) is 0 Å². The average molecular weight is 236 g/mol. The molecule has 6 atom stereocenters. The molecule has 96 valence electrons. The van der Waals surface area contributed by atoms with Gasteiger partial charge in [0.2, 0.25) is 0 Å². The molecule has 3 aliphatic rings. The first-order valence-electron chi connectivity index (χ1n) is 7.02. The van der Waals surface area contributed by atoms with Gasteiger partial charge in [-0.25, -0.2) is 0 Å². The summed E-state index contributed by atoms with van der Waals surface area (Å²) in [6.45, 7) is 8.72. The second kappa shape index (κ2) is 3.14. The van der Waals surface area contributed by atoms with Crippen LogP contribution in [0.1, 0.15) is 47.0 Å². The number of rotatable bonds is 0. The smallest absolute Gasteiger partial charge is 0.136 e. The standard InChI is InChI=1S/C15H24O2/c1-8-11(16)7-10-12(8)13-9(14(13,2)3)5-6-15(10,4)17/h8-10,12-13,17H,5-7H2,1-4H3. The number of hydrogen-bond donors (Lipinski definition) is 1. The zero-order valence-corrected chi connectivity index (χ0v) is 11.4. The van der Waals surface area contributed by atoms with Crippen LogP contribution in [0.2, 0.25) is 0 Å². The molecule has 1 N–H and O–H groups in total. The van der Waals surface area contributed by atoms with Crippen molar-refractivity contribution in [2.45, 2.75) is 52.6 Å². The minimum atomic E-state index is -0.616. The third-order valence-corrected chi connectivity index (χ3v) is 6.29. The summed E-state index contributed by atoms with van der Waals surface area (Å²) in [5.41, 5.74) is -0.215. The van der Waals surface area contributed by atoms with E-state index in [0.29, 0.717) is 29.5 Å². The molecule has 0 aromatic rings. The summed E-state index contributed by atoms with van der Waals surface area (Å²) in [7, 11) is 0. The maximum absolute atomic E-state index is 12.0. The van der Waals surface area contributed by atoms with Crippen molar-refractivity contribution in [1.82, 2.24) is 0 Å². The Morgan fingerprint density at radius 2 is 1.88 bits per heavy atom. The van der Waals surface area contributed by atoms with Crippen molar-refractivity contribution < 1.29 is 9.90 Å². The molecule has 2 nitrogen and oxygen atoms in total. The summed E-state index contributed by atoms with van der Waals surface area (Å²) in [4.78, 5) is 12.0. The molecular weight excluding hydrogens is 212 g/mol. The van der Waals surface area contributed by atoms with Crippen molar-refractivity contribution in [2.75, 3.05) is 0 Å². The lowest BCUT2D eigenvalue weighted by molar-refractivity contribution is -0.121. The van der Waals surface area contributed by atoms with Crippen LogP contribution in [0.4, 0.5) is 0 Å². The molecule has 0 bridgehead atoms. The maximum Gasteiger partial charge on any atom is 0.136 e. The first-order valence-corrected chi connectivity index (χ1v) is 7.02. The molecule has 0 aromatic heterocycles. The van der Waals surface area contributed by atoms with Gasteiger partial charge >= 0.3 is 0 Å². The highest BCUT2D eigenvalue weighted by atomic mass is 16.3. The van der Waals surface area contributed by atoms with Crippen LogP contribution in [-0.2, 0) is 4.79 Å². The van der Waals surface area contributed by atoms with Crippen LogP contribution < -0.4 is 0 Å². The molecule has 2 heteroatoms. The maximum atomic E-state index is 12.0. The van der Waals surface area contributed by atoms with Gasteiger partial charge in [0.15, 0.2) is 0 Å². The predicted octanol–water partition coefficient (Wildman–Crippen LogP) is 2.64. The Balaban J connectivity index is 1.99. The molecule has 0 aromatic carbocycles. The number of fused-ring (bicyclic) bond motifs is 3. The van der Waals surface area contributed by atoms with Gasteiger partial charge in [0.05, 0.1) is 5.60 Å². The fourth-order valence-corrected chi connectivity index (χ4v) is 5.03. The minimum Gasteiger partial charge on any atom is -0.390 e. The Bertz CT molecular complexity index is 369. The Labute approximate surface area is 104 Å². The molecule has 0 aliphatic heterocycles. The van der Waals surface area contributed by atoms with Gasteiger partial charge < -0.3 is 5.11 Å². The van der Waals surface area contributed by atoms with Gasteiger partial charge in [-0.3, -0.25) is 4.79 Å². The van der Waals surface area contributed by atoms with Gasteiger partial charge in [-0.2, -0.15) is 0 Å². The Morgan fingerprint density at radius 1 is 1.24 bits per heavy atom. The first-order chi connectivity index (χ1) is 7.77. The van der Waals surface area contributed by atoms with Crippen LogP contribution in [0.5, 0.6) is 0 Å². The van der Waals surface area contributed by atoms with Crippen molar-refractivity contribution in [1.29, 1.82) is 0 Å². The fourth-order valence-electron chi connectivity index (χ4n) is 5.03. The highest BCUT2D eigenvalue weighted by Crippen LogP contribution is 2.70. The summed E-state index contributed by atoms with van der Waals surface area (Å²) in [6.07, 6.45) is 2.62. The molecule has 3 fully saturated rings. The van der Waals surface area contributed by atoms with E-state index in [2.05, 4.69) is 20.8 Å². The second-order valence-corrected chi connectivity index (χ2v) is 7.49. The van der Waals surface area contributed by atoms with E-state index in [0.717, 1.165) is 18.8 Å². The molecule has 6 unspecified atom stereocenters. The van der Waals surface area contributed by atoms with E-state index in [9.17, 15) is 9.90 Å². The average Bonchev–Trinajstić information content (AvgIpc) is 2.66. The lowest BCUT2D eigenvalue weighted by Crippen LogP contribution is -2.38. The van der Waals surface area contributed by atoms with Crippen molar-refractivity contribution >= 4 is 5.78 Å². The van der Waals surface area contributed by atoms with Gasteiger partial charge in [0.1, 0.15) is 5.78 Å². The van der Waals surface area contributed by atoms with E-state index in [1.54, 1.807) is 0 Å². The van der Waals surface area contributed by atoms with Crippen molar-refractivity contribution in [2.24, 2.45) is 35.0 Å². The normalized spacial score (nSPS) is 56.1. The van der Waals surface area contributed by atoms with E-state index in [-0.39, 0.29) is 11.8 Å². The SMILES string of the molecule is CC1C(=O)CC2C1C1C(CCC2(C)O)C1(C)C. The summed E-state index contributed by atoms with van der Waals surface area (Å²) < 4.78 is 0. The monoisotopic (exact) mass is 236 g/mol. The van der Waals surface area contributed by atoms with Crippen LogP contribution in [0, 0.1) is 35.0 Å². The van der Waals surface area contributed by atoms with Gasteiger partial charge in [0.25, 0.3) is 0 Å². The Kier molecular flexibility index (Phi) is 2.16. The van der Waals surface area contributed by atoms with Gasteiger partial charge in [-0.05, 0) is 48.9 Å². The molecule has 3 aliphatic carbocycles. The van der Waals surface area contributed by atoms with E-state index >= 15 is 0 Å². The molecule has 0 spiro atoms. The first kappa shape index (κ1) is 11.7. The minimum absolute atomic E-state index is 0.166. The summed E-state index contributed by atoms with van der Waals surface area (Å²) >= 11 is 0. The molecule has 0 saturated heterocycles. The highest BCUT2D eigenvalue weighted by molar-refractivity contribution is 5.84. The van der Waals surface area contributed by atoms with Gasteiger partial charge in [-0.1, -0.05) is 20.8 Å². The van der Waals surface area contributed by atoms with E-state index < -0.39 is 5.60 Å². The fraction of sp³-hybridized carbons (Fsp3) is 0.933. The Morgan fingerprint density at radius 3 is 2.53 bits per heavy atom. The highest BCUT2D eigenvalue weighted by Gasteiger charge is 2.67. The van der Waals surface area contributed by atoms with Gasteiger partial charge in [0, 0.05) is 12.3 Å². The topological polar surface area (TPSA) is 37.3 Å². The lowest BCUT2D eigenvalue weighted by Gasteiger charge is -2.34. The number of carbonyl (C=O) groups is 1. The van der Waals surface area contributed by atoms with E-state index in [4.69, 9.17) is 0 Å². The number of Topliss-reactive ketones (excluding diaryl/α,β-unsaturated/α-hetero) is 1. The molecule has 17 heavy (non-hydrogen) atoms. The predicted molar refractivity (Wildman–Crippen MR) is 66.4 cm³/mol. The summed E-state index contributed by atoms with van der Waals surface area (Å²) in [5.74, 6) is 2.59. The molecule has 0 radical (unpaired) electrons. The van der Waals surface area contributed by atoms with Crippen LogP contribution in [0.25, 0.3) is 0 Å². The molecule has 0 heterocycles. The van der Waals surface area contributed by atoms with E-state index in [1.165, 1.54) is 0 Å². The summed E-state index contributed by atoms with van der Waals surface area (Å²) in [5, 5.41) is 10.6. The zero-order chi connectivity index (χ0) is 12.6. The van der Waals surface area contributed by atoms with Crippen LogP contribution >= 0.6 is 0 Å². The third kappa shape index (κ3) is 1.39. The quantitative estimate of drug-likeness (QED) is 0.702. The van der Waals surface area contributed by atoms with E-state index in [1.807, 2.05) is 6.92 Å². The van der Waals surface area contributed by atoms with Crippen LogP contribution in [-0.4, -0.2) is 16.5 Å². The van der Waals surface area contributed by atoms with Crippen LogP contribution in [0.15, 0.2) is 0 Å². The lowest BCUT2D eigenvalue weighted by atomic mass is 9.74. The van der Waals surface area contributed by atoms with Gasteiger partial charge in [-0.15, -0.1) is 0 Å². The number of ketones is 1. The van der Waals surface area contributed by atoms with Crippen molar-refractivity contribution in [3.05, 3.63) is 0 Å². The molecular formula is C15H24O2. The third-order valence-electron chi connectivity index (χ3n) is 6.29.